The molecule has 0 amide bonds. The van der Waals surface area contributed by atoms with Gasteiger partial charge in [0.2, 0.25) is 0 Å². The van der Waals surface area contributed by atoms with Gasteiger partial charge in [-0.15, -0.1) is 0 Å². The molecule has 0 aliphatic heterocycles. The number of halogens is 1. The predicted molar refractivity (Wildman–Crippen MR) is 74.0 cm³/mol. The molecule has 4 heteroatoms. The van der Waals surface area contributed by atoms with E-state index in [4.69, 9.17) is 22.1 Å². The maximum atomic E-state index is 6.26. The fourth-order valence-corrected chi connectivity index (χ4v) is 2.24. The summed E-state index contributed by atoms with van der Waals surface area (Å²) in [6, 6.07) is 5.98. The Kier molecular flexibility index (Phi) is 6.34. The zero-order valence-electron chi connectivity index (χ0n) is 10.6. The minimum Gasteiger partial charge on any atom is -0.385 e. The molecule has 17 heavy (non-hydrogen) atoms. The van der Waals surface area contributed by atoms with Crippen molar-refractivity contribution in [1.82, 2.24) is 0 Å². The molecule has 0 unspecified atom stereocenters. The van der Waals surface area contributed by atoms with Crippen molar-refractivity contribution < 1.29 is 4.74 Å². The molecule has 0 aromatic heterocycles. The molecule has 0 atom stereocenters. The smallest absolute Gasteiger partial charge is 0.0642 e. The number of rotatable bonds is 7. The van der Waals surface area contributed by atoms with Crippen LogP contribution < -0.4 is 10.6 Å². The van der Waals surface area contributed by atoms with E-state index < -0.39 is 0 Å². The van der Waals surface area contributed by atoms with Crippen molar-refractivity contribution in [2.45, 2.75) is 12.8 Å². The first kappa shape index (κ1) is 14.3. The molecule has 0 aliphatic rings. The number of benzene rings is 1. The number of hydrogen-bond donors (Lipinski definition) is 1. The number of methoxy groups -OCH3 is 1. The molecular formula is C13H21ClN2O. The molecule has 0 bridgehead atoms. The lowest BCUT2D eigenvalue weighted by molar-refractivity contribution is 0.196. The minimum atomic E-state index is 0.638. The van der Waals surface area contributed by atoms with Crippen LogP contribution in [-0.2, 0) is 11.2 Å². The Labute approximate surface area is 109 Å². The molecule has 0 spiro atoms. The van der Waals surface area contributed by atoms with E-state index in [-0.39, 0.29) is 0 Å². The number of ether oxygens (including phenoxy) is 1. The minimum absolute atomic E-state index is 0.638. The van der Waals surface area contributed by atoms with E-state index in [2.05, 4.69) is 18.0 Å². The second-order valence-electron chi connectivity index (χ2n) is 4.05. The van der Waals surface area contributed by atoms with Crippen LogP contribution in [0.3, 0.4) is 0 Å². The monoisotopic (exact) mass is 256 g/mol. The van der Waals surface area contributed by atoms with Crippen LogP contribution >= 0.6 is 11.6 Å². The number of nitrogens with two attached hydrogens (primary N) is 1. The summed E-state index contributed by atoms with van der Waals surface area (Å²) in [7, 11) is 3.77. The molecule has 1 aromatic carbocycles. The normalized spacial score (nSPS) is 10.6. The van der Waals surface area contributed by atoms with Crippen molar-refractivity contribution in [1.29, 1.82) is 0 Å². The van der Waals surface area contributed by atoms with Crippen LogP contribution in [0, 0.1) is 0 Å². The van der Waals surface area contributed by atoms with Crippen LogP contribution in [0.4, 0.5) is 5.69 Å². The lowest BCUT2D eigenvalue weighted by Gasteiger charge is -2.23. The second kappa shape index (κ2) is 7.54. The summed E-state index contributed by atoms with van der Waals surface area (Å²) in [5.74, 6) is 0. The zero-order chi connectivity index (χ0) is 12.7. The first-order valence-electron chi connectivity index (χ1n) is 5.88. The summed E-state index contributed by atoms with van der Waals surface area (Å²) in [6.07, 6.45) is 1.84. The third-order valence-electron chi connectivity index (χ3n) is 2.71. The Hall–Kier alpha value is -0.770. The molecule has 0 radical (unpaired) electrons. The summed E-state index contributed by atoms with van der Waals surface area (Å²) in [6.45, 7) is 2.33. The topological polar surface area (TPSA) is 38.5 Å². The molecule has 0 saturated heterocycles. The van der Waals surface area contributed by atoms with Gasteiger partial charge in [-0.25, -0.2) is 0 Å². The van der Waals surface area contributed by atoms with Gasteiger partial charge in [0, 0.05) is 27.3 Å². The highest BCUT2D eigenvalue weighted by Gasteiger charge is 2.10. The third-order valence-corrected chi connectivity index (χ3v) is 3.01. The van der Waals surface area contributed by atoms with Crippen LogP contribution in [0.2, 0.25) is 5.02 Å². The SMILES string of the molecule is COCCCN(C)c1c(Cl)cccc1CCN. The largest absolute Gasteiger partial charge is 0.385 e. The maximum Gasteiger partial charge on any atom is 0.0642 e. The van der Waals surface area contributed by atoms with Crippen molar-refractivity contribution >= 4 is 17.3 Å². The van der Waals surface area contributed by atoms with Crippen molar-refractivity contribution in [3.63, 3.8) is 0 Å². The fraction of sp³-hybridized carbons (Fsp3) is 0.538. The van der Waals surface area contributed by atoms with Gasteiger partial charge in [0.05, 0.1) is 10.7 Å². The molecule has 96 valence electrons. The average Bonchev–Trinajstić information content (AvgIpc) is 2.30. The van der Waals surface area contributed by atoms with Gasteiger partial charge in [0.15, 0.2) is 0 Å². The average molecular weight is 257 g/mol. The van der Waals surface area contributed by atoms with E-state index in [1.807, 2.05) is 12.1 Å². The summed E-state index contributed by atoms with van der Waals surface area (Å²) < 4.78 is 5.06. The highest BCUT2D eigenvalue weighted by Crippen LogP contribution is 2.29. The Bertz CT molecular complexity index is 344. The Balaban J connectivity index is 2.78. The van der Waals surface area contributed by atoms with Crippen LogP contribution in [0.25, 0.3) is 0 Å². The van der Waals surface area contributed by atoms with E-state index in [0.29, 0.717) is 6.54 Å². The van der Waals surface area contributed by atoms with Gasteiger partial charge in [-0.1, -0.05) is 23.7 Å². The first-order valence-corrected chi connectivity index (χ1v) is 6.26. The van der Waals surface area contributed by atoms with Crippen LogP contribution in [0.15, 0.2) is 18.2 Å². The van der Waals surface area contributed by atoms with E-state index in [0.717, 1.165) is 36.7 Å². The van der Waals surface area contributed by atoms with Crippen molar-refractivity contribution in [2.24, 2.45) is 5.73 Å². The summed E-state index contributed by atoms with van der Waals surface area (Å²) in [5, 5.41) is 0.788. The number of para-hydroxylation sites is 1. The Morgan fingerprint density at radius 2 is 2.18 bits per heavy atom. The van der Waals surface area contributed by atoms with Crippen molar-refractivity contribution in [3.8, 4) is 0 Å². The summed E-state index contributed by atoms with van der Waals surface area (Å²) in [5.41, 5.74) is 7.92. The van der Waals surface area contributed by atoms with Crippen LogP contribution in [0.1, 0.15) is 12.0 Å². The van der Waals surface area contributed by atoms with Gasteiger partial charge in [0.25, 0.3) is 0 Å². The van der Waals surface area contributed by atoms with Crippen LogP contribution in [-0.4, -0.2) is 33.9 Å². The second-order valence-corrected chi connectivity index (χ2v) is 4.46. The Morgan fingerprint density at radius 1 is 1.41 bits per heavy atom. The highest BCUT2D eigenvalue weighted by atomic mass is 35.5. The summed E-state index contributed by atoms with van der Waals surface area (Å²) >= 11 is 6.26. The molecular weight excluding hydrogens is 236 g/mol. The Morgan fingerprint density at radius 3 is 2.82 bits per heavy atom. The molecule has 0 fully saturated rings. The van der Waals surface area contributed by atoms with Crippen LogP contribution in [0.5, 0.6) is 0 Å². The van der Waals surface area contributed by atoms with Gasteiger partial charge >= 0.3 is 0 Å². The van der Waals surface area contributed by atoms with E-state index in [1.165, 1.54) is 5.56 Å². The number of nitrogens with zero attached hydrogens (tertiary/aromatic N) is 1. The maximum absolute atomic E-state index is 6.26. The van der Waals surface area contributed by atoms with E-state index >= 15 is 0 Å². The van der Waals surface area contributed by atoms with Gasteiger partial charge < -0.3 is 15.4 Å². The van der Waals surface area contributed by atoms with E-state index in [1.54, 1.807) is 7.11 Å². The van der Waals surface area contributed by atoms with Gasteiger partial charge in [-0.2, -0.15) is 0 Å². The third kappa shape index (κ3) is 4.19. The number of hydrogen-bond acceptors (Lipinski definition) is 3. The molecule has 0 heterocycles. The number of anilines is 1. The van der Waals surface area contributed by atoms with Gasteiger partial charge in [-0.05, 0) is 31.0 Å². The van der Waals surface area contributed by atoms with E-state index in [9.17, 15) is 0 Å². The van der Waals surface area contributed by atoms with Gasteiger partial charge in [-0.3, -0.25) is 0 Å². The molecule has 0 saturated carbocycles. The van der Waals surface area contributed by atoms with Gasteiger partial charge in [0.1, 0.15) is 0 Å². The lowest BCUT2D eigenvalue weighted by atomic mass is 10.1. The lowest BCUT2D eigenvalue weighted by Crippen LogP contribution is -2.22. The zero-order valence-corrected chi connectivity index (χ0v) is 11.3. The molecule has 1 aromatic rings. The quantitative estimate of drug-likeness (QED) is 0.761. The predicted octanol–water partition coefficient (Wildman–Crippen LogP) is 2.31. The molecule has 1 rings (SSSR count). The standard InChI is InChI=1S/C13H21ClN2O/c1-16(9-4-10-17-2)13-11(7-8-15)5-3-6-12(13)14/h3,5-6H,4,7-10,15H2,1-2H3. The molecule has 3 nitrogen and oxygen atoms in total. The van der Waals surface area contributed by atoms with Crippen molar-refractivity contribution in [2.75, 3.05) is 38.8 Å². The fourth-order valence-electron chi connectivity index (χ4n) is 1.90. The summed E-state index contributed by atoms with van der Waals surface area (Å²) in [4.78, 5) is 2.17. The molecule has 2 N–H and O–H groups in total. The first-order chi connectivity index (χ1) is 8.20. The highest BCUT2D eigenvalue weighted by molar-refractivity contribution is 6.33. The van der Waals surface area contributed by atoms with Crippen molar-refractivity contribution in [3.05, 3.63) is 28.8 Å². The molecule has 0 aliphatic carbocycles.